The smallest absolute Gasteiger partial charge is 0.257 e. The van der Waals surface area contributed by atoms with Gasteiger partial charge in [-0.2, -0.15) is 0 Å². The molecule has 0 spiro atoms. The molecule has 0 N–H and O–H groups in total. The molecule has 4 nitrogen and oxygen atoms in total. The van der Waals surface area contributed by atoms with E-state index in [1.165, 1.54) is 28.8 Å². The zero-order chi connectivity index (χ0) is 20.0. The lowest BCUT2D eigenvalue weighted by Crippen LogP contribution is -3.00. The Morgan fingerprint density at radius 1 is 1.20 bits per heavy atom. The normalized spacial score (nSPS) is 16.5. The lowest BCUT2D eigenvalue weighted by Gasteiger charge is -2.12. The van der Waals surface area contributed by atoms with Gasteiger partial charge in [0.2, 0.25) is 5.78 Å². The standard InChI is InChI=1S/C24H24FN2O2.BrH/c1-2-24-26(15-22(28)16-3-6-19(25)7-4-16)10-11-27(24)21-8-5-17-13-18-9-12-29-23(18)14-20(17)21;/h3-4,6-7,10-11,13-14,21H,2,5,8-9,12,15H2,1H3;1H/q+1;/p-1. The average molecular weight is 471 g/mol. The van der Waals surface area contributed by atoms with Crippen LogP contribution in [0.4, 0.5) is 4.39 Å². The summed E-state index contributed by atoms with van der Waals surface area (Å²) in [5.74, 6) is 1.81. The Bertz CT molecular complexity index is 1090. The Labute approximate surface area is 186 Å². The fraction of sp³-hybridized carbons (Fsp3) is 0.333. The van der Waals surface area contributed by atoms with E-state index in [2.05, 4.69) is 29.8 Å². The van der Waals surface area contributed by atoms with E-state index in [9.17, 15) is 9.18 Å². The van der Waals surface area contributed by atoms with Gasteiger partial charge in [0.05, 0.1) is 6.61 Å². The van der Waals surface area contributed by atoms with Crippen LogP contribution in [0.15, 0.2) is 48.8 Å². The van der Waals surface area contributed by atoms with Crippen molar-refractivity contribution < 1.29 is 35.5 Å². The van der Waals surface area contributed by atoms with Crippen molar-refractivity contribution in [3.05, 3.63) is 82.7 Å². The topological polar surface area (TPSA) is 35.1 Å². The second-order valence-corrected chi connectivity index (χ2v) is 7.84. The molecule has 1 atom stereocenters. The van der Waals surface area contributed by atoms with E-state index in [0.717, 1.165) is 43.9 Å². The Morgan fingerprint density at radius 3 is 2.77 bits per heavy atom. The second kappa shape index (κ2) is 8.34. The third-order valence-electron chi connectivity index (χ3n) is 6.17. The van der Waals surface area contributed by atoms with Crippen LogP contribution in [-0.4, -0.2) is 17.0 Å². The van der Waals surface area contributed by atoms with E-state index in [0.29, 0.717) is 5.56 Å². The largest absolute Gasteiger partial charge is 1.00 e. The van der Waals surface area contributed by atoms with Crippen molar-refractivity contribution in [2.75, 3.05) is 6.61 Å². The Kier molecular flexibility index (Phi) is 5.78. The van der Waals surface area contributed by atoms with Gasteiger partial charge in [0, 0.05) is 24.0 Å². The molecule has 1 unspecified atom stereocenters. The van der Waals surface area contributed by atoms with E-state index < -0.39 is 0 Å². The fourth-order valence-corrected chi connectivity index (χ4v) is 4.72. The zero-order valence-corrected chi connectivity index (χ0v) is 18.5. The van der Waals surface area contributed by atoms with Crippen molar-refractivity contribution in [1.82, 2.24) is 4.57 Å². The SMILES string of the molecule is CCc1n(C2CCc3cc4c(cc32)OCC4)cc[n+]1CC(=O)c1ccc(F)cc1.[Br-]. The van der Waals surface area contributed by atoms with Crippen LogP contribution >= 0.6 is 0 Å². The molecule has 2 aromatic carbocycles. The number of benzene rings is 2. The van der Waals surface area contributed by atoms with Crippen LogP contribution in [0.5, 0.6) is 5.75 Å². The van der Waals surface area contributed by atoms with Crippen LogP contribution in [0, 0.1) is 5.82 Å². The predicted molar refractivity (Wildman–Crippen MR) is 107 cm³/mol. The van der Waals surface area contributed by atoms with Crippen molar-refractivity contribution in [1.29, 1.82) is 0 Å². The van der Waals surface area contributed by atoms with Gasteiger partial charge in [-0.1, -0.05) is 13.0 Å². The van der Waals surface area contributed by atoms with Crippen LogP contribution in [0.1, 0.15) is 52.3 Å². The van der Waals surface area contributed by atoms with Gasteiger partial charge in [0.1, 0.15) is 30.0 Å². The molecule has 6 heteroatoms. The fourth-order valence-electron chi connectivity index (χ4n) is 4.72. The number of hydrogen-bond donors (Lipinski definition) is 0. The van der Waals surface area contributed by atoms with Crippen molar-refractivity contribution >= 4 is 5.78 Å². The Morgan fingerprint density at radius 2 is 2.00 bits per heavy atom. The molecule has 0 saturated carbocycles. The maximum Gasteiger partial charge on any atom is 0.257 e. The summed E-state index contributed by atoms with van der Waals surface area (Å²) < 4.78 is 23.3. The molecule has 156 valence electrons. The lowest BCUT2D eigenvalue weighted by molar-refractivity contribution is -0.690. The molecular weight excluding hydrogens is 447 g/mol. The van der Waals surface area contributed by atoms with E-state index in [1.807, 2.05) is 10.8 Å². The van der Waals surface area contributed by atoms with Crippen LogP contribution in [-0.2, 0) is 25.8 Å². The molecule has 2 aliphatic rings. The molecule has 0 fully saturated rings. The number of fused-ring (bicyclic) bond motifs is 2. The first kappa shape index (κ1) is 20.8. The molecule has 30 heavy (non-hydrogen) atoms. The summed E-state index contributed by atoms with van der Waals surface area (Å²) in [5, 5.41) is 0. The summed E-state index contributed by atoms with van der Waals surface area (Å²) in [7, 11) is 0. The maximum absolute atomic E-state index is 13.1. The summed E-state index contributed by atoms with van der Waals surface area (Å²) in [6.45, 7) is 3.15. The summed E-state index contributed by atoms with van der Waals surface area (Å²) in [5.41, 5.74) is 4.62. The van der Waals surface area contributed by atoms with Gasteiger partial charge in [-0.15, -0.1) is 0 Å². The number of nitrogens with zero attached hydrogens (tertiary/aromatic N) is 2. The van der Waals surface area contributed by atoms with Gasteiger partial charge < -0.3 is 21.7 Å². The number of ketones is 1. The zero-order valence-electron chi connectivity index (χ0n) is 16.9. The average Bonchev–Trinajstić information content (AvgIpc) is 3.44. The Balaban J connectivity index is 0.00000218. The highest BCUT2D eigenvalue weighted by Crippen LogP contribution is 2.40. The maximum atomic E-state index is 13.1. The Hall–Kier alpha value is -2.47. The number of halogens is 2. The third kappa shape index (κ3) is 3.58. The van der Waals surface area contributed by atoms with E-state index >= 15 is 0 Å². The number of carbonyl (C=O) groups is 1. The third-order valence-corrected chi connectivity index (χ3v) is 6.17. The molecule has 2 heterocycles. The molecular formula is C24H24BrFN2O2. The molecule has 0 saturated heterocycles. The first-order valence-corrected chi connectivity index (χ1v) is 10.3. The highest BCUT2D eigenvalue weighted by Gasteiger charge is 2.33. The van der Waals surface area contributed by atoms with Crippen molar-refractivity contribution in [2.24, 2.45) is 0 Å². The van der Waals surface area contributed by atoms with Gasteiger partial charge in [-0.25, -0.2) is 13.5 Å². The van der Waals surface area contributed by atoms with E-state index in [4.69, 9.17) is 4.74 Å². The lowest BCUT2D eigenvalue weighted by atomic mass is 10.0. The minimum atomic E-state index is -0.329. The van der Waals surface area contributed by atoms with Gasteiger partial charge >= 0.3 is 0 Å². The van der Waals surface area contributed by atoms with Crippen LogP contribution in [0.3, 0.4) is 0 Å². The highest BCUT2D eigenvalue weighted by molar-refractivity contribution is 5.94. The summed E-state index contributed by atoms with van der Waals surface area (Å²) >= 11 is 0. The monoisotopic (exact) mass is 470 g/mol. The number of aryl methyl sites for hydroxylation is 1. The van der Waals surface area contributed by atoms with Gasteiger partial charge in [-0.05, 0) is 54.3 Å². The molecule has 0 bridgehead atoms. The minimum Gasteiger partial charge on any atom is -1.00 e. The number of Topliss-reactive ketones (excluding diaryl/α,β-unsaturated/α-hetero) is 1. The number of carbonyl (C=O) groups excluding carboxylic acids is 1. The van der Waals surface area contributed by atoms with E-state index in [-0.39, 0.29) is 41.2 Å². The van der Waals surface area contributed by atoms with Crippen molar-refractivity contribution in [2.45, 2.75) is 45.2 Å². The van der Waals surface area contributed by atoms with Crippen LogP contribution < -0.4 is 26.3 Å². The van der Waals surface area contributed by atoms with Crippen LogP contribution in [0.25, 0.3) is 0 Å². The number of rotatable bonds is 5. The van der Waals surface area contributed by atoms with Gasteiger partial charge in [0.25, 0.3) is 5.82 Å². The minimum absolute atomic E-state index is 0. The van der Waals surface area contributed by atoms with Gasteiger partial charge in [0.15, 0.2) is 6.54 Å². The molecule has 1 aromatic heterocycles. The first-order valence-electron chi connectivity index (χ1n) is 10.3. The van der Waals surface area contributed by atoms with E-state index in [1.54, 1.807) is 12.1 Å². The summed E-state index contributed by atoms with van der Waals surface area (Å²) in [4.78, 5) is 12.7. The second-order valence-electron chi connectivity index (χ2n) is 7.84. The first-order chi connectivity index (χ1) is 14.1. The predicted octanol–water partition coefficient (Wildman–Crippen LogP) is 0.834. The molecule has 5 rings (SSSR count). The van der Waals surface area contributed by atoms with Crippen molar-refractivity contribution in [3.63, 3.8) is 0 Å². The summed E-state index contributed by atoms with van der Waals surface area (Å²) in [6, 6.07) is 10.6. The molecule has 1 aliphatic carbocycles. The quantitative estimate of drug-likeness (QED) is 0.409. The molecule has 0 amide bonds. The molecule has 3 aromatic rings. The number of aromatic nitrogens is 2. The number of hydrogen-bond acceptors (Lipinski definition) is 2. The highest BCUT2D eigenvalue weighted by atomic mass is 79.9. The number of ether oxygens (including phenoxy) is 1. The van der Waals surface area contributed by atoms with Gasteiger partial charge in [-0.3, -0.25) is 4.79 Å². The van der Waals surface area contributed by atoms with Crippen LogP contribution in [0.2, 0.25) is 0 Å². The van der Waals surface area contributed by atoms with Crippen molar-refractivity contribution in [3.8, 4) is 5.75 Å². The number of imidazole rings is 1. The molecule has 0 radical (unpaired) electrons. The molecule has 1 aliphatic heterocycles. The summed E-state index contributed by atoms with van der Waals surface area (Å²) in [6.07, 6.45) is 8.04.